The van der Waals surface area contributed by atoms with Gasteiger partial charge in [-0.2, -0.15) is 9.57 Å². The maximum atomic E-state index is 13.2. The lowest BCUT2D eigenvalue weighted by molar-refractivity contribution is 0.383. The molecule has 130 valence electrons. The molecule has 2 heterocycles. The van der Waals surface area contributed by atoms with Crippen molar-refractivity contribution in [3.8, 4) is 6.07 Å². The topological polar surface area (TPSA) is 77.3 Å². The molecule has 0 unspecified atom stereocenters. The van der Waals surface area contributed by atoms with Gasteiger partial charge in [0, 0.05) is 32.4 Å². The molecular weight excluding hydrogens is 343 g/mol. The number of pyridine rings is 1. The van der Waals surface area contributed by atoms with Crippen molar-refractivity contribution in [2.75, 3.05) is 31.1 Å². The van der Waals surface area contributed by atoms with Crippen molar-refractivity contribution in [1.82, 2.24) is 9.29 Å². The zero-order chi connectivity index (χ0) is 18.0. The van der Waals surface area contributed by atoms with Crippen LogP contribution in [0.3, 0.4) is 0 Å². The van der Waals surface area contributed by atoms with Crippen molar-refractivity contribution < 1.29 is 12.8 Å². The summed E-state index contributed by atoms with van der Waals surface area (Å²) in [5.41, 5.74) is 0.882. The van der Waals surface area contributed by atoms with Crippen molar-refractivity contribution in [1.29, 1.82) is 5.26 Å². The van der Waals surface area contributed by atoms with E-state index in [1.807, 2.05) is 11.0 Å². The van der Waals surface area contributed by atoms with Crippen LogP contribution in [0.5, 0.6) is 0 Å². The second kappa shape index (κ2) is 6.78. The lowest BCUT2D eigenvalue weighted by atomic mass is 10.2. The first-order valence-corrected chi connectivity index (χ1v) is 9.23. The molecule has 8 heteroatoms. The Morgan fingerprint density at radius 2 is 1.88 bits per heavy atom. The maximum absolute atomic E-state index is 13.2. The molecule has 0 bridgehead atoms. The van der Waals surface area contributed by atoms with E-state index in [1.165, 1.54) is 22.6 Å². The molecule has 1 aromatic carbocycles. The number of hydrogen-bond acceptors (Lipinski definition) is 5. The van der Waals surface area contributed by atoms with Gasteiger partial charge in [0.2, 0.25) is 10.0 Å². The molecule has 0 N–H and O–H groups in total. The van der Waals surface area contributed by atoms with Crippen LogP contribution in [0.15, 0.2) is 41.4 Å². The number of anilines is 1. The fourth-order valence-corrected chi connectivity index (χ4v) is 4.47. The third-order valence-electron chi connectivity index (χ3n) is 4.19. The van der Waals surface area contributed by atoms with E-state index in [4.69, 9.17) is 5.26 Å². The molecule has 0 spiro atoms. The van der Waals surface area contributed by atoms with Gasteiger partial charge in [-0.05, 0) is 42.8 Å². The van der Waals surface area contributed by atoms with Gasteiger partial charge < -0.3 is 4.90 Å². The van der Waals surface area contributed by atoms with Crippen LogP contribution in [-0.4, -0.2) is 43.9 Å². The molecule has 1 saturated heterocycles. The van der Waals surface area contributed by atoms with Gasteiger partial charge in [0.1, 0.15) is 17.7 Å². The molecule has 2 aromatic rings. The van der Waals surface area contributed by atoms with E-state index in [0.717, 1.165) is 6.07 Å². The fraction of sp³-hybridized carbons (Fsp3) is 0.294. The van der Waals surface area contributed by atoms with Crippen LogP contribution >= 0.6 is 0 Å². The Morgan fingerprint density at radius 1 is 1.16 bits per heavy atom. The summed E-state index contributed by atoms with van der Waals surface area (Å²) in [6.07, 6.45) is 1.50. The molecule has 25 heavy (non-hydrogen) atoms. The quantitative estimate of drug-likeness (QED) is 0.836. The number of nitrogens with zero attached hydrogens (tertiary/aromatic N) is 4. The Labute approximate surface area is 146 Å². The summed E-state index contributed by atoms with van der Waals surface area (Å²) in [5, 5.41) is 8.81. The second-order valence-electron chi connectivity index (χ2n) is 5.82. The molecule has 0 saturated carbocycles. The van der Waals surface area contributed by atoms with Gasteiger partial charge in [-0.1, -0.05) is 0 Å². The molecule has 0 aliphatic carbocycles. The lowest BCUT2D eigenvalue weighted by Gasteiger charge is -2.34. The number of aromatic nitrogens is 1. The summed E-state index contributed by atoms with van der Waals surface area (Å²) in [7, 11) is -3.65. The Balaban J connectivity index is 1.73. The smallest absolute Gasteiger partial charge is 0.243 e. The summed E-state index contributed by atoms with van der Waals surface area (Å²) < 4.78 is 40.2. The summed E-state index contributed by atoms with van der Waals surface area (Å²) in [6.45, 7) is 3.23. The number of piperazine rings is 1. The molecule has 3 rings (SSSR count). The van der Waals surface area contributed by atoms with Crippen LogP contribution in [-0.2, 0) is 10.0 Å². The lowest BCUT2D eigenvalue weighted by Crippen LogP contribution is -2.49. The summed E-state index contributed by atoms with van der Waals surface area (Å²) >= 11 is 0. The molecule has 0 radical (unpaired) electrons. The first-order valence-electron chi connectivity index (χ1n) is 7.79. The molecule has 1 aliphatic heterocycles. The van der Waals surface area contributed by atoms with Crippen molar-refractivity contribution in [3.63, 3.8) is 0 Å². The molecule has 1 aliphatic rings. The van der Waals surface area contributed by atoms with Crippen LogP contribution in [0.1, 0.15) is 11.1 Å². The van der Waals surface area contributed by atoms with Gasteiger partial charge in [-0.15, -0.1) is 0 Å². The number of nitriles is 1. The Hall–Kier alpha value is -2.50. The SMILES string of the molecule is Cc1cc(F)ccc1S(=O)(=O)N1CCN(c2ccc(C#N)cn2)CC1. The summed E-state index contributed by atoms with van der Waals surface area (Å²) in [6, 6.07) is 9.16. The molecular formula is C17H17FN4O2S. The van der Waals surface area contributed by atoms with Gasteiger partial charge in [0.25, 0.3) is 0 Å². The standard InChI is InChI=1S/C17H17FN4O2S/c1-13-10-15(18)3-4-16(13)25(23,24)22-8-6-21(7-9-22)17-5-2-14(11-19)12-20-17/h2-5,10,12H,6-9H2,1H3. The third-order valence-corrected chi connectivity index (χ3v) is 6.25. The van der Waals surface area contributed by atoms with E-state index < -0.39 is 15.8 Å². The fourth-order valence-electron chi connectivity index (χ4n) is 2.84. The predicted octanol–water partition coefficient (Wildman–Crippen LogP) is 1.91. The number of benzene rings is 1. The average molecular weight is 360 g/mol. The second-order valence-corrected chi connectivity index (χ2v) is 7.72. The van der Waals surface area contributed by atoms with E-state index in [-0.39, 0.29) is 4.90 Å². The van der Waals surface area contributed by atoms with E-state index in [2.05, 4.69) is 4.98 Å². The third kappa shape index (κ3) is 3.48. The van der Waals surface area contributed by atoms with Crippen molar-refractivity contribution in [3.05, 3.63) is 53.5 Å². The van der Waals surface area contributed by atoms with Gasteiger partial charge in [0.05, 0.1) is 10.5 Å². The van der Waals surface area contributed by atoms with Crippen LogP contribution in [0, 0.1) is 24.1 Å². The van der Waals surface area contributed by atoms with E-state index in [1.54, 1.807) is 19.1 Å². The first-order chi connectivity index (χ1) is 11.9. The molecule has 1 aromatic heterocycles. The number of halogens is 1. The minimum Gasteiger partial charge on any atom is -0.354 e. The van der Waals surface area contributed by atoms with Gasteiger partial charge >= 0.3 is 0 Å². The van der Waals surface area contributed by atoms with Crippen molar-refractivity contribution in [2.24, 2.45) is 0 Å². The molecule has 6 nitrogen and oxygen atoms in total. The Morgan fingerprint density at radius 3 is 2.44 bits per heavy atom. The predicted molar refractivity (Wildman–Crippen MR) is 91.1 cm³/mol. The zero-order valence-electron chi connectivity index (χ0n) is 13.7. The van der Waals surface area contributed by atoms with Gasteiger partial charge in [-0.3, -0.25) is 0 Å². The van der Waals surface area contributed by atoms with Crippen LogP contribution in [0.4, 0.5) is 10.2 Å². The number of aryl methyl sites for hydroxylation is 1. The van der Waals surface area contributed by atoms with Crippen LogP contribution < -0.4 is 4.90 Å². The minimum absolute atomic E-state index is 0.138. The maximum Gasteiger partial charge on any atom is 0.243 e. The highest BCUT2D eigenvalue weighted by atomic mass is 32.2. The van der Waals surface area contributed by atoms with Crippen LogP contribution in [0.2, 0.25) is 0 Å². The summed E-state index contributed by atoms with van der Waals surface area (Å²) in [4.78, 5) is 6.35. The zero-order valence-corrected chi connectivity index (χ0v) is 14.5. The largest absolute Gasteiger partial charge is 0.354 e. The number of hydrogen-bond donors (Lipinski definition) is 0. The van der Waals surface area contributed by atoms with E-state index in [9.17, 15) is 12.8 Å². The highest BCUT2D eigenvalue weighted by molar-refractivity contribution is 7.89. The monoisotopic (exact) mass is 360 g/mol. The normalized spacial score (nSPS) is 15.8. The van der Waals surface area contributed by atoms with Gasteiger partial charge in [0.15, 0.2) is 0 Å². The molecule has 0 amide bonds. The molecule has 0 atom stereocenters. The average Bonchev–Trinajstić information content (AvgIpc) is 2.61. The highest BCUT2D eigenvalue weighted by Gasteiger charge is 2.30. The minimum atomic E-state index is -3.65. The highest BCUT2D eigenvalue weighted by Crippen LogP contribution is 2.23. The summed E-state index contributed by atoms with van der Waals surface area (Å²) in [5.74, 6) is 0.266. The van der Waals surface area contributed by atoms with E-state index >= 15 is 0 Å². The van der Waals surface area contributed by atoms with Crippen molar-refractivity contribution >= 4 is 15.8 Å². The van der Waals surface area contributed by atoms with Crippen LogP contribution in [0.25, 0.3) is 0 Å². The molecule has 1 fully saturated rings. The Kier molecular flexibility index (Phi) is 4.70. The number of rotatable bonds is 3. The number of sulfonamides is 1. The van der Waals surface area contributed by atoms with Gasteiger partial charge in [-0.25, -0.2) is 17.8 Å². The van der Waals surface area contributed by atoms with Crippen molar-refractivity contribution in [2.45, 2.75) is 11.8 Å². The first kappa shape index (κ1) is 17.3. The Bertz CT molecular complexity index is 915. The van der Waals surface area contributed by atoms with E-state index in [0.29, 0.717) is 43.1 Å².